The molecule has 1 aliphatic rings. The first-order valence-electron chi connectivity index (χ1n) is 3.46. The molecule has 0 aromatic heterocycles. The van der Waals surface area contributed by atoms with Crippen molar-refractivity contribution in [3.05, 3.63) is 0 Å². The number of nitrogens with zero attached hydrogens (tertiary/aromatic N) is 1. The molecule has 70 valence electrons. The van der Waals surface area contributed by atoms with Crippen LogP contribution in [-0.2, 0) is 0 Å². The molecule has 0 spiro atoms. The third-order valence-electron chi connectivity index (χ3n) is 1.86. The number of amides is 1. The van der Waals surface area contributed by atoms with Crippen LogP contribution in [0.2, 0.25) is 0 Å². The van der Waals surface area contributed by atoms with Gasteiger partial charge in [-0.25, -0.2) is 0 Å². The summed E-state index contributed by atoms with van der Waals surface area (Å²) in [6.45, 7) is 0.104. The van der Waals surface area contributed by atoms with Crippen LogP contribution >= 0.6 is 11.6 Å². The number of halogens is 4. The summed E-state index contributed by atoms with van der Waals surface area (Å²) in [4.78, 5) is 11.1. The summed E-state index contributed by atoms with van der Waals surface area (Å²) in [6.07, 6.45) is -4.02. The highest BCUT2D eigenvalue weighted by atomic mass is 35.5. The molecule has 0 bridgehead atoms. The van der Waals surface area contributed by atoms with E-state index < -0.39 is 17.6 Å². The lowest BCUT2D eigenvalue weighted by Crippen LogP contribution is -2.42. The Labute approximate surface area is 72.3 Å². The molecule has 0 unspecified atom stereocenters. The van der Waals surface area contributed by atoms with Gasteiger partial charge in [0.15, 0.2) is 0 Å². The molecule has 0 aromatic carbocycles. The maximum atomic E-state index is 12.1. The van der Waals surface area contributed by atoms with E-state index in [0.717, 1.165) is 0 Å². The molecule has 1 amide bonds. The molecule has 0 aromatic rings. The number of alkyl halides is 3. The quantitative estimate of drug-likeness (QED) is 0.435. The van der Waals surface area contributed by atoms with E-state index in [-0.39, 0.29) is 13.0 Å². The van der Waals surface area contributed by atoms with Crippen molar-refractivity contribution in [2.75, 3.05) is 6.54 Å². The summed E-state index contributed by atoms with van der Waals surface area (Å²) in [7, 11) is 0. The van der Waals surface area contributed by atoms with Crippen LogP contribution in [0, 0.1) is 0 Å². The molecule has 0 saturated carbocycles. The van der Waals surface area contributed by atoms with Gasteiger partial charge in [-0.2, -0.15) is 13.2 Å². The second kappa shape index (κ2) is 3.12. The Balaban J connectivity index is 2.71. The van der Waals surface area contributed by atoms with Crippen LogP contribution in [0.25, 0.3) is 0 Å². The summed E-state index contributed by atoms with van der Waals surface area (Å²) >= 11 is 4.97. The summed E-state index contributed by atoms with van der Waals surface area (Å²) in [6, 6.07) is -1.68. The number of likely N-dealkylation sites (tertiary alicyclic amines) is 1. The van der Waals surface area contributed by atoms with Crippen LogP contribution < -0.4 is 0 Å². The Morgan fingerprint density at radius 1 is 1.50 bits per heavy atom. The zero-order valence-electron chi connectivity index (χ0n) is 6.07. The van der Waals surface area contributed by atoms with Crippen LogP contribution in [0.15, 0.2) is 0 Å². The average molecular weight is 202 g/mol. The zero-order chi connectivity index (χ0) is 9.35. The molecule has 1 rings (SSSR count). The van der Waals surface area contributed by atoms with Crippen molar-refractivity contribution in [1.82, 2.24) is 4.90 Å². The fraction of sp³-hybridized carbons (Fsp3) is 0.833. The third-order valence-corrected chi connectivity index (χ3v) is 2.07. The molecule has 1 aliphatic heterocycles. The Morgan fingerprint density at radius 2 is 2.08 bits per heavy atom. The molecule has 12 heavy (non-hydrogen) atoms. The number of hydrogen-bond donors (Lipinski definition) is 0. The average Bonchev–Trinajstić information content (AvgIpc) is 2.30. The molecule has 0 radical (unpaired) electrons. The number of hydrogen-bond acceptors (Lipinski definition) is 1. The van der Waals surface area contributed by atoms with Gasteiger partial charge in [0.2, 0.25) is 0 Å². The first-order valence-corrected chi connectivity index (χ1v) is 3.83. The van der Waals surface area contributed by atoms with Crippen LogP contribution in [0.5, 0.6) is 0 Å². The van der Waals surface area contributed by atoms with E-state index in [1.165, 1.54) is 0 Å². The first kappa shape index (κ1) is 9.64. The van der Waals surface area contributed by atoms with E-state index in [1.54, 1.807) is 0 Å². The van der Waals surface area contributed by atoms with Crippen LogP contribution in [0.4, 0.5) is 18.0 Å². The van der Waals surface area contributed by atoms with Crippen molar-refractivity contribution in [3.63, 3.8) is 0 Å². The summed E-state index contributed by atoms with van der Waals surface area (Å²) in [5.41, 5.74) is 0. The minimum absolute atomic E-state index is 0.0397. The zero-order valence-corrected chi connectivity index (χ0v) is 6.82. The van der Waals surface area contributed by atoms with Crippen molar-refractivity contribution in [3.8, 4) is 0 Å². The topological polar surface area (TPSA) is 20.3 Å². The Morgan fingerprint density at radius 3 is 2.42 bits per heavy atom. The van der Waals surface area contributed by atoms with Crippen molar-refractivity contribution in [2.45, 2.75) is 25.1 Å². The summed E-state index contributed by atoms with van der Waals surface area (Å²) in [5.74, 6) is 0. The molecule has 6 heteroatoms. The monoisotopic (exact) mass is 201 g/mol. The van der Waals surface area contributed by atoms with E-state index >= 15 is 0 Å². The Bertz CT molecular complexity index is 194. The lowest BCUT2D eigenvalue weighted by molar-refractivity contribution is -0.168. The van der Waals surface area contributed by atoms with E-state index in [4.69, 9.17) is 11.6 Å². The highest BCUT2D eigenvalue weighted by Gasteiger charge is 2.47. The van der Waals surface area contributed by atoms with Crippen molar-refractivity contribution in [1.29, 1.82) is 0 Å². The molecular weight excluding hydrogens is 195 g/mol. The molecule has 0 N–H and O–H groups in total. The fourth-order valence-electron chi connectivity index (χ4n) is 1.32. The fourth-order valence-corrected chi connectivity index (χ4v) is 1.52. The Kier molecular flexibility index (Phi) is 2.51. The van der Waals surface area contributed by atoms with Gasteiger partial charge in [0.1, 0.15) is 6.04 Å². The maximum Gasteiger partial charge on any atom is 0.408 e. The maximum absolute atomic E-state index is 12.1. The summed E-state index contributed by atoms with van der Waals surface area (Å²) in [5, 5.41) is -1.02. The van der Waals surface area contributed by atoms with Gasteiger partial charge < -0.3 is 4.90 Å². The second-order valence-electron chi connectivity index (χ2n) is 2.65. The summed E-state index contributed by atoms with van der Waals surface area (Å²) < 4.78 is 36.4. The van der Waals surface area contributed by atoms with Gasteiger partial charge in [0.25, 0.3) is 0 Å². The molecule has 1 atom stereocenters. The van der Waals surface area contributed by atoms with E-state index in [2.05, 4.69) is 0 Å². The van der Waals surface area contributed by atoms with Crippen molar-refractivity contribution >= 4 is 17.0 Å². The minimum atomic E-state index is -4.35. The van der Waals surface area contributed by atoms with Gasteiger partial charge in [0.05, 0.1) is 0 Å². The standard InChI is InChI=1S/C6H7ClF3NO/c7-5(12)11-3-1-2-4(11)6(8,9)10/h4H,1-3H2/t4-/m0/s1. The molecule has 0 aliphatic carbocycles. The van der Waals surface area contributed by atoms with Crippen molar-refractivity contribution < 1.29 is 18.0 Å². The van der Waals surface area contributed by atoms with Crippen LogP contribution in [-0.4, -0.2) is 29.0 Å². The SMILES string of the molecule is O=C(Cl)N1CCC[C@H]1C(F)(F)F. The van der Waals surface area contributed by atoms with Crippen LogP contribution in [0.3, 0.4) is 0 Å². The van der Waals surface area contributed by atoms with Gasteiger partial charge >= 0.3 is 11.5 Å². The highest BCUT2D eigenvalue weighted by Crippen LogP contribution is 2.33. The van der Waals surface area contributed by atoms with E-state index in [0.29, 0.717) is 11.3 Å². The van der Waals surface area contributed by atoms with E-state index in [9.17, 15) is 18.0 Å². The number of carbonyl (C=O) groups excluding carboxylic acids is 1. The van der Waals surface area contributed by atoms with Gasteiger partial charge in [-0.15, -0.1) is 0 Å². The first-order chi connectivity index (χ1) is 5.43. The molecule has 2 nitrogen and oxygen atoms in total. The second-order valence-corrected chi connectivity index (χ2v) is 2.97. The third kappa shape index (κ3) is 1.83. The normalized spacial score (nSPS) is 24.7. The van der Waals surface area contributed by atoms with Gasteiger partial charge in [0, 0.05) is 6.54 Å². The number of rotatable bonds is 0. The molecule has 1 saturated heterocycles. The van der Waals surface area contributed by atoms with E-state index in [1.807, 2.05) is 0 Å². The van der Waals surface area contributed by atoms with Crippen molar-refractivity contribution in [2.24, 2.45) is 0 Å². The predicted molar refractivity (Wildman–Crippen MR) is 37.0 cm³/mol. The largest absolute Gasteiger partial charge is 0.408 e. The number of carbonyl (C=O) groups is 1. The van der Waals surface area contributed by atoms with Gasteiger partial charge in [-0.1, -0.05) is 0 Å². The smallest absolute Gasteiger partial charge is 0.317 e. The molecule has 1 heterocycles. The van der Waals surface area contributed by atoms with Gasteiger partial charge in [-0.3, -0.25) is 4.79 Å². The highest BCUT2D eigenvalue weighted by molar-refractivity contribution is 6.62. The lowest BCUT2D eigenvalue weighted by atomic mass is 10.2. The van der Waals surface area contributed by atoms with Crippen LogP contribution in [0.1, 0.15) is 12.8 Å². The lowest BCUT2D eigenvalue weighted by Gasteiger charge is -2.23. The molecular formula is C6H7ClF3NO. The van der Waals surface area contributed by atoms with Gasteiger partial charge in [-0.05, 0) is 24.4 Å². The minimum Gasteiger partial charge on any atom is -0.317 e. The molecule has 1 fully saturated rings. The Hall–Kier alpha value is -0.450. The predicted octanol–water partition coefficient (Wildman–Crippen LogP) is 2.37.